The highest BCUT2D eigenvalue weighted by Gasteiger charge is 2.38. The molecule has 0 unspecified atom stereocenters. The SMILES string of the molecule is COC(=O)c1cc(Cl)ccc1Nc1c(C2=CCC3(CC2)OCCO3)cnc2ccc(Cl)cc12. The standard InChI is InChI=1S/C25H22Cl2N2O4/c1-31-24(30)19-13-17(27)3-5-22(19)29-23-18-12-16(26)2-4-21(18)28-14-20(23)15-6-8-25(9-7-15)32-10-11-33-25/h2-6,12-14H,7-11H2,1H3,(H,28,29). The first-order chi connectivity index (χ1) is 16.0. The molecule has 1 aromatic heterocycles. The Morgan fingerprint density at radius 1 is 1.12 bits per heavy atom. The van der Waals surface area contributed by atoms with E-state index in [0.29, 0.717) is 40.9 Å². The third-order valence-corrected chi connectivity index (χ3v) is 6.54. The number of fused-ring (bicyclic) bond motifs is 1. The first kappa shape index (κ1) is 22.2. The minimum absolute atomic E-state index is 0.340. The molecule has 0 radical (unpaired) electrons. The monoisotopic (exact) mass is 484 g/mol. The smallest absolute Gasteiger partial charge is 0.340 e. The highest BCUT2D eigenvalue weighted by atomic mass is 35.5. The molecule has 33 heavy (non-hydrogen) atoms. The number of nitrogens with one attached hydrogen (secondary N) is 1. The molecular formula is C25H22Cl2N2O4. The lowest BCUT2D eigenvalue weighted by atomic mass is 9.89. The Kier molecular flexibility index (Phi) is 6.01. The number of nitrogens with zero attached hydrogens (tertiary/aromatic N) is 1. The summed E-state index contributed by atoms with van der Waals surface area (Å²) in [6, 6.07) is 10.6. The molecule has 8 heteroatoms. The quantitative estimate of drug-likeness (QED) is 0.433. The number of hydrogen-bond acceptors (Lipinski definition) is 6. The number of carbonyl (C=O) groups excluding carboxylic acids is 1. The molecule has 0 saturated carbocycles. The van der Waals surface area contributed by atoms with Crippen LogP contribution in [0.4, 0.5) is 11.4 Å². The lowest BCUT2D eigenvalue weighted by Crippen LogP contribution is -2.31. The molecule has 1 fully saturated rings. The van der Waals surface area contributed by atoms with E-state index in [1.54, 1.807) is 24.3 Å². The van der Waals surface area contributed by atoms with Gasteiger partial charge in [0, 0.05) is 40.0 Å². The average molecular weight is 485 g/mol. The number of benzene rings is 2. The summed E-state index contributed by atoms with van der Waals surface area (Å²) in [7, 11) is 1.34. The van der Waals surface area contributed by atoms with Crippen molar-refractivity contribution in [1.29, 1.82) is 0 Å². The highest BCUT2D eigenvalue weighted by Crippen LogP contribution is 2.42. The fourth-order valence-corrected chi connectivity index (χ4v) is 4.74. The molecule has 3 aromatic rings. The van der Waals surface area contributed by atoms with Gasteiger partial charge in [-0.05, 0) is 48.4 Å². The van der Waals surface area contributed by atoms with Gasteiger partial charge in [0.05, 0.1) is 42.8 Å². The second-order valence-electron chi connectivity index (χ2n) is 8.06. The molecule has 0 atom stereocenters. The molecule has 1 saturated heterocycles. The summed E-state index contributed by atoms with van der Waals surface area (Å²) in [5, 5.41) is 5.34. The average Bonchev–Trinajstić information content (AvgIpc) is 3.28. The number of esters is 1. The molecule has 2 aliphatic rings. The van der Waals surface area contributed by atoms with Crippen LogP contribution in [0.3, 0.4) is 0 Å². The van der Waals surface area contributed by atoms with Gasteiger partial charge in [0.1, 0.15) is 0 Å². The van der Waals surface area contributed by atoms with E-state index in [4.69, 9.17) is 37.4 Å². The van der Waals surface area contributed by atoms with E-state index in [0.717, 1.165) is 40.6 Å². The van der Waals surface area contributed by atoms with Crippen LogP contribution in [0.25, 0.3) is 16.5 Å². The number of pyridine rings is 1. The fraction of sp³-hybridized carbons (Fsp3) is 0.280. The molecule has 1 N–H and O–H groups in total. The maximum atomic E-state index is 12.4. The van der Waals surface area contributed by atoms with Gasteiger partial charge in [0.15, 0.2) is 5.79 Å². The molecule has 5 rings (SSSR count). The molecule has 1 aliphatic heterocycles. The van der Waals surface area contributed by atoms with Crippen molar-refractivity contribution in [2.24, 2.45) is 0 Å². The fourth-order valence-electron chi connectivity index (χ4n) is 4.39. The zero-order valence-corrected chi connectivity index (χ0v) is 19.5. The molecule has 2 aromatic carbocycles. The van der Waals surface area contributed by atoms with E-state index < -0.39 is 11.8 Å². The van der Waals surface area contributed by atoms with Crippen molar-refractivity contribution in [1.82, 2.24) is 4.98 Å². The zero-order chi connectivity index (χ0) is 23.0. The molecule has 6 nitrogen and oxygen atoms in total. The van der Waals surface area contributed by atoms with Crippen molar-refractivity contribution in [2.45, 2.75) is 25.0 Å². The van der Waals surface area contributed by atoms with Gasteiger partial charge in [-0.25, -0.2) is 4.79 Å². The Bertz CT molecular complexity index is 1270. The van der Waals surface area contributed by atoms with E-state index in [2.05, 4.69) is 16.4 Å². The minimum Gasteiger partial charge on any atom is -0.465 e. The number of rotatable bonds is 4. The summed E-state index contributed by atoms with van der Waals surface area (Å²) in [6.07, 6.45) is 6.21. The maximum absolute atomic E-state index is 12.4. The number of methoxy groups -OCH3 is 1. The van der Waals surface area contributed by atoms with E-state index in [1.165, 1.54) is 7.11 Å². The zero-order valence-electron chi connectivity index (χ0n) is 18.0. The molecule has 1 aliphatic carbocycles. The van der Waals surface area contributed by atoms with Crippen molar-refractivity contribution in [2.75, 3.05) is 25.6 Å². The first-order valence-corrected chi connectivity index (χ1v) is 11.4. The molecule has 1 spiro atoms. The first-order valence-electron chi connectivity index (χ1n) is 10.7. The topological polar surface area (TPSA) is 69.7 Å². The number of halogens is 2. The normalized spacial score (nSPS) is 17.2. The Labute approximate surface area is 201 Å². The van der Waals surface area contributed by atoms with E-state index in [9.17, 15) is 4.79 Å². The van der Waals surface area contributed by atoms with Crippen LogP contribution in [0.1, 0.15) is 35.2 Å². The number of allylic oxidation sites excluding steroid dienone is 1. The molecule has 2 heterocycles. The lowest BCUT2D eigenvalue weighted by Gasteiger charge is -2.31. The Balaban J connectivity index is 1.62. The van der Waals surface area contributed by atoms with Crippen LogP contribution >= 0.6 is 23.2 Å². The summed E-state index contributed by atoms with van der Waals surface area (Å²) >= 11 is 12.5. The van der Waals surface area contributed by atoms with Crippen molar-refractivity contribution < 1.29 is 19.0 Å². The minimum atomic E-state index is -0.515. The molecule has 0 amide bonds. The summed E-state index contributed by atoms with van der Waals surface area (Å²) in [4.78, 5) is 17.1. The highest BCUT2D eigenvalue weighted by molar-refractivity contribution is 6.31. The van der Waals surface area contributed by atoms with Gasteiger partial charge in [-0.2, -0.15) is 0 Å². The number of aromatic nitrogens is 1. The predicted molar refractivity (Wildman–Crippen MR) is 129 cm³/mol. The van der Waals surface area contributed by atoms with Gasteiger partial charge in [-0.3, -0.25) is 4.98 Å². The van der Waals surface area contributed by atoms with E-state index >= 15 is 0 Å². The Morgan fingerprint density at radius 2 is 1.88 bits per heavy atom. The van der Waals surface area contributed by atoms with E-state index in [1.807, 2.05) is 18.3 Å². The summed E-state index contributed by atoms with van der Waals surface area (Å²) in [5.74, 6) is -0.994. The number of ether oxygens (including phenoxy) is 3. The van der Waals surface area contributed by atoms with Crippen molar-refractivity contribution >= 4 is 57.0 Å². The van der Waals surface area contributed by atoms with Crippen LogP contribution in [-0.4, -0.2) is 37.1 Å². The van der Waals surface area contributed by atoms with Crippen molar-refractivity contribution in [3.8, 4) is 0 Å². The van der Waals surface area contributed by atoms with Crippen LogP contribution in [0.5, 0.6) is 0 Å². The third kappa shape index (κ3) is 4.32. The van der Waals surface area contributed by atoms with Gasteiger partial charge in [0.25, 0.3) is 0 Å². The largest absolute Gasteiger partial charge is 0.465 e. The number of carbonyl (C=O) groups is 1. The Hall–Kier alpha value is -2.64. The van der Waals surface area contributed by atoms with Crippen LogP contribution in [-0.2, 0) is 14.2 Å². The number of anilines is 2. The maximum Gasteiger partial charge on any atom is 0.340 e. The second-order valence-corrected chi connectivity index (χ2v) is 8.93. The van der Waals surface area contributed by atoms with E-state index in [-0.39, 0.29) is 0 Å². The van der Waals surface area contributed by atoms with Crippen LogP contribution < -0.4 is 5.32 Å². The summed E-state index contributed by atoms with van der Waals surface area (Å²) in [5.41, 5.74) is 4.58. The van der Waals surface area contributed by atoms with Gasteiger partial charge in [0.2, 0.25) is 0 Å². The summed E-state index contributed by atoms with van der Waals surface area (Å²) in [6.45, 7) is 1.25. The van der Waals surface area contributed by atoms with Crippen molar-refractivity contribution in [3.05, 3.63) is 69.8 Å². The van der Waals surface area contributed by atoms with Crippen LogP contribution in [0, 0.1) is 0 Å². The second kappa shape index (κ2) is 8.95. The van der Waals surface area contributed by atoms with Crippen LogP contribution in [0.15, 0.2) is 48.7 Å². The van der Waals surface area contributed by atoms with Gasteiger partial charge in [-0.15, -0.1) is 0 Å². The van der Waals surface area contributed by atoms with Gasteiger partial charge in [-0.1, -0.05) is 29.3 Å². The Morgan fingerprint density at radius 3 is 2.61 bits per heavy atom. The molecule has 170 valence electrons. The number of hydrogen-bond donors (Lipinski definition) is 1. The molecule has 0 bridgehead atoms. The van der Waals surface area contributed by atoms with Crippen LogP contribution in [0.2, 0.25) is 10.0 Å². The van der Waals surface area contributed by atoms with Crippen molar-refractivity contribution in [3.63, 3.8) is 0 Å². The molecular weight excluding hydrogens is 463 g/mol. The predicted octanol–water partition coefficient (Wildman–Crippen LogP) is 6.38. The summed E-state index contributed by atoms with van der Waals surface area (Å²) < 4.78 is 16.7. The van der Waals surface area contributed by atoms with Gasteiger partial charge >= 0.3 is 5.97 Å². The third-order valence-electron chi connectivity index (χ3n) is 6.07. The van der Waals surface area contributed by atoms with Gasteiger partial charge < -0.3 is 19.5 Å². The lowest BCUT2D eigenvalue weighted by molar-refractivity contribution is -0.159.